The van der Waals surface area contributed by atoms with Crippen molar-refractivity contribution in [2.24, 2.45) is 4.99 Å². The Morgan fingerprint density at radius 2 is 2.14 bits per heavy atom. The summed E-state index contributed by atoms with van der Waals surface area (Å²) in [5.41, 5.74) is 1.72. The quantitative estimate of drug-likeness (QED) is 0.750. The predicted octanol–water partition coefficient (Wildman–Crippen LogP) is 0.712. The summed E-state index contributed by atoms with van der Waals surface area (Å²) in [5.74, 6) is 0.948. The van der Waals surface area contributed by atoms with Crippen LogP contribution in [-0.4, -0.2) is 42.0 Å². The number of aromatic nitrogens is 1. The van der Waals surface area contributed by atoms with Crippen molar-refractivity contribution in [2.75, 3.05) is 19.6 Å². The number of aliphatic imine (C=N–C) groups is 1. The Morgan fingerprint density at radius 3 is 2.91 bits per heavy atom. The molecule has 0 saturated carbocycles. The summed E-state index contributed by atoms with van der Waals surface area (Å²) in [6.45, 7) is 5.20. The molecule has 3 aliphatic rings. The lowest BCUT2D eigenvalue weighted by molar-refractivity contribution is 0.169. The van der Waals surface area contributed by atoms with E-state index in [4.69, 9.17) is 0 Å². The molecule has 4 heterocycles. The zero-order valence-corrected chi connectivity index (χ0v) is 12.8. The van der Waals surface area contributed by atoms with Crippen LogP contribution in [0.2, 0.25) is 0 Å². The molecule has 4 rings (SSSR count). The minimum atomic E-state index is -0.357. The van der Waals surface area contributed by atoms with Gasteiger partial charge in [-0.25, -0.2) is 4.99 Å². The van der Waals surface area contributed by atoms with Crippen molar-refractivity contribution >= 4 is 6.21 Å². The molecule has 0 aliphatic carbocycles. The van der Waals surface area contributed by atoms with E-state index in [1.54, 1.807) is 0 Å². The van der Waals surface area contributed by atoms with E-state index in [1.807, 2.05) is 30.6 Å². The first kappa shape index (κ1) is 13.7. The van der Waals surface area contributed by atoms with Crippen LogP contribution in [0.3, 0.4) is 0 Å². The van der Waals surface area contributed by atoms with E-state index in [-0.39, 0.29) is 11.8 Å². The summed E-state index contributed by atoms with van der Waals surface area (Å²) >= 11 is 0. The fraction of sp³-hybridized carbons (Fsp3) is 0.500. The third-order valence-corrected chi connectivity index (χ3v) is 4.60. The van der Waals surface area contributed by atoms with Gasteiger partial charge in [0.2, 0.25) is 0 Å². The van der Waals surface area contributed by atoms with Crippen molar-refractivity contribution in [1.29, 1.82) is 0 Å². The number of likely N-dealkylation sites (tertiary alicyclic amines) is 1. The minimum Gasteiger partial charge on any atom is -0.369 e. The van der Waals surface area contributed by atoms with Crippen LogP contribution in [0.25, 0.3) is 0 Å². The van der Waals surface area contributed by atoms with E-state index < -0.39 is 0 Å². The van der Waals surface area contributed by atoms with E-state index in [1.165, 1.54) is 12.8 Å². The van der Waals surface area contributed by atoms with Gasteiger partial charge in [0.05, 0.1) is 11.4 Å². The Kier molecular flexibility index (Phi) is 3.35. The summed E-state index contributed by atoms with van der Waals surface area (Å²) < 4.78 is 0. The maximum absolute atomic E-state index is 4.68. The molecule has 1 aromatic heterocycles. The third kappa shape index (κ3) is 2.38. The highest BCUT2D eigenvalue weighted by molar-refractivity contribution is 5.74. The number of rotatable bonds is 2. The van der Waals surface area contributed by atoms with Crippen LogP contribution in [0.4, 0.5) is 0 Å². The molecule has 6 heteroatoms. The van der Waals surface area contributed by atoms with Gasteiger partial charge in [0, 0.05) is 32.0 Å². The first-order chi connectivity index (χ1) is 10.7. The van der Waals surface area contributed by atoms with Crippen LogP contribution >= 0.6 is 0 Å². The lowest BCUT2D eigenvalue weighted by Gasteiger charge is -2.40. The van der Waals surface area contributed by atoms with Gasteiger partial charge in [-0.15, -0.1) is 0 Å². The van der Waals surface area contributed by atoms with Crippen molar-refractivity contribution in [3.8, 4) is 0 Å². The monoisotopic (exact) mass is 298 g/mol. The molecule has 0 aromatic carbocycles. The second-order valence-electron chi connectivity index (χ2n) is 6.30. The second-order valence-corrected chi connectivity index (χ2v) is 6.30. The second kappa shape index (κ2) is 5.37. The molecule has 0 amide bonds. The van der Waals surface area contributed by atoms with E-state index in [9.17, 15) is 0 Å². The molecule has 0 radical (unpaired) electrons. The third-order valence-electron chi connectivity index (χ3n) is 4.60. The molecule has 2 atom stereocenters. The Bertz CT molecular complexity index is 604. The summed E-state index contributed by atoms with van der Waals surface area (Å²) in [6, 6.07) is 5.97. The van der Waals surface area contributed by atoms with Crippen LogP contribution in [0.15, 0.2) is 40.9 Å². The van der Waals surface area contributed by atoms with Gasteiger partial charge in [-0.2, -0.15) is 0 Å². The lowest BCUT2D eigenvalue weighted by Crippen LogP contribution is -2.60. The molecule has 2 unspecified atom stereocenters. The van der Waals surface area contributed by atoms with Gasteiger partial charge < -0.3 is 10.6 Å². The molecule has 0 spiro atoms. The maximum Gasteiger partial charge on any atom is 0.148 e. The average molecular weight is 298 g/mol. The van der Waals surface area contributed by atoms with Crippen molar-refractivity contribution in [2.45, 2.75) is 31.6 Å². The largest absolute Gasteiger partial charge is 0.369 e. The highest BCUT2D eigenvalue weighted by atomic mass is 15.4. The van der Waals surface area contributed by atoms with Gasteiger partial charge in [-0.1, -0.05) is 6.07 Å². The van der Waals surface area contributed by atoms with Crippen LogP contribution in [0.5, 0.6) is 0 Å². The van der Waals surface area contributed by atoms with Crippen molar-refractivity contribution < 1.29 is 0 Å². The van der Waals surface area contributed by atoms with Gasteiger partial charge >= 0.3 is 0 Å². The minimum absolute atomic E-state index is 0.194. The molecule has 1 aromatic rings. The molecule has 3 N–H and O–H groups in total. The number of nitrogens with one attached hydrogen (secondary N) is 3. The zero-order valence-electron chi connectivity index (χ0n) is 12.8. The van der Waals surface area contributed by atoms with E-state index in [0.717, 1.165) is 36.8 Å². The number of nitrogens with zero attached hydrogens (tertiary/aromatic N) is 3. The van der Waals surface area contributed by atoms with Gasteiger partial charge in [0.25, 0.3) is 0 Å². The Balaban J connectivity index is 1.52. The molecular formula is C16H22N6. The molecule has 3 aliphatic heterocycles. The topological polar surface area (TPSA) is 64.6 Å². The average Bonchev–Trinajstić information content (AvgIpc) is 3.10. The van der Waals surface area contributed by atoms with Gasteiger partial charge in [-0.3, -0.25) is 15.2 Å². The number of pyridine rings is 1. The first-order valence-corrected chi connectivity index (χ1v) is 7.97. The molecule has 1 fully saturated rings. The lowest BCUT2D eigenvalue weighted by atomic mass is 9.96. The smallest absolute Gasteiger partial charge is 0.148 e. The fourth-order valence-corrected chi connectivity index (χ4v) is 3.33. The highest BCUT2D eigenvalue weighted by Gasteiger charge is 2.34. The van der Waals surface area contributed by atoms with E-state index in [0.29, 0.717) is 0 Å². The van der Waals surface area contributed by atoms with Crippen molar-refractivity contribution in [3.05, 3.63) is 41.6 Å². The van der Waals surface area contributed by atoms with Crippen LogP contribution in [0, 0.1) is 0 Å². The summed E-state index contributed by atoms with van der Waals surface area (Å²) in [5, 5.41) is 10.6. The van der Waals surface area contributed by atoms with Crippen molar-refractivity contribution in [3.63, 3.8) is 0 Å². The van der Waals surface area contributed by atoms with Gasteiger partial charge in [0.1, 0.15) is 17.6 Å². The number of hydrogen-bond donors (Lipinski definition) is 3. The summed E-state index contributed by atoms with van der Waals surface area (Å²) in [6.07, 6.45) is 6.53. The zero-order chi connectivity index (χ0) is 15.0. The highest BCUT2D eigenvalue weighted by Crippen LogP contribution is 2.24. The van der Waals surface area contributed by atoms with Gasteiger partial charge in [0.15, 0.2) is 0 Å². The summed E-state index contributed by atoms with van der Waals surface area (Å²) in [4.78, 5) is 11.6. The normalized spacial score (nSPS) is 31.6. The molecule has 1 saturated heterocycles. The van der Waals surface area contributed by atoms with Crippen LogP contribution in [0.1, 0.15) is 25.5 Å². The predicted molar refractivity (Wildman–Crippen MR) is 86.0 cm³/mol. The Morgan fingerprint density at radius 1 is 1.27 bits per heavy atom. The Labute approximate surface area is 130 Å². The van der Waals surface area contributed by atoms with Crippen LogP contribution < -0.4 is 16.0 Å². The molecule has 116 valence electrons. The molecule has 6 nitrogen and oxygen atoms in total. The SMILES string of the molecule is CC1(c2ccccn2)C=NC2=C(CNC(N3CCCC3)N2)N1. The number of hydrogen-bond acceptors (Lipinski definition) is 6. The Hall–Kier alpha value is -1.92. The molecular weight excluding hydrogens is 276 g/mol. The maximum atomic E-state index is 4.68. The van der Waals surface area contributed by atoms with E-state index >= 15 is 0 Å². The fourth-order valence-electron chi connectivity index (χ4n) is 3.33. The first-order valence-electron chi connectivity index (χ1n) is 7.97. The van der Waals surface area contributed by atoms with Crippen LogP contribution in [-0.2, 0) is 5.54 Å². The molecule has 0 bridgehead atoms. The summed E-state index contributed by atoms with van der Waals surface area (Å²) in [7, 11) is 0. The van der Waals surface area contributed by atoms with E-state index in [2.05, 4.69) is 37.8 Å². The van der Waals surface area contributed by atoms with Gasteiger partial charge in [-0.05, 0) is 31.9 Å². The van der Waals surface area contributed by atoms with Crippen molar-refractivity contribution in [1.82, 2.24) is 25.8 Å². The standard InChI is InChI=1S/C16H22N6/c1-16(13-6-2-3-7-17-13)11-19-14-12(21-16)10-18-15(20-14)22-8-4-5-9-22/h2-3,6-7,11,15,18,20-21H,4-5,8-10H2,1H3. The molecule has 22 heavy (non-hydrogen) atoms.